The fourth-order valence-corrected chi connectivity index (χ4v) is 3.17. The second kappa shape index (κ2) is 7.35. The van der Waals surface area contributed by atoms with Crippen molar-refractivity contribution in [1.82, 2.24) is 9.62 Å². The van der Waals surface area contributed by atoms with Gasteiger partial charge < -0.3 is 10.1 Å². The number of nitrogens with one attached hydrogen (secondary N) is 1. The smallest absolute Gasteiger partial charge is 0.242 e. The Labute approximate surface area is 127 Å². The summed E-state index contributed by atoms with van der Waals surface area (Å²) in [5.41, 5.74) is 1.06. The Morgan fingerprint density at radius 2 is 1.95 bits per heavy atom. The molecule has 0 spiro atoms. The number of sulfonamides is 1. The van der Waals surface area contributed by atoms with Gasteiger partial charge in [0.15, 0.2) is 0 Å². The van der Waals surface area contributed by atoms with Crippen molar-refractivity contribution in [2.75, 3.05) is 33.9 Å². The molecule has 5 nitrogen and oxygen atoms in total. The molecule has 1 aromatic carbocycles. The lowest BCUT2D eigenvalue weighted by Crippen LogP contribution is -2.30. The average Bonchev–Trinajstić information content (AvgIpc) is 3.28. The lowest BCUT2D eigenvalue weighted by molar-refractivity contribution is 0.117. The molecule has 0 heterocycles. The highest BCUT2D eigenvalue weighted by Gasteiger charge is 2.23. The van der Waals surface area contributed by atoms with Crippen LogP contribution in [0.1, 0.15) is 18.4 Å². The van der Waals surface area contributed by atoms with Crippen LogP contribution in [0.25, 0.3) is 0 Å². The molecule has 2 rings (SSSR count). The molecule has 0 saturated heterocycles. The zero-order valence-corrected chi connectivity index (χ0v) is 13.5. The van der Waals surface area contributed by atoms with Crippen LogP contribution in [0.15, 0.2) is 29.2 Å². The molecule has 0 radical (unpaired) electrons. The Morgan fingerprint density at radius 1 is 1.29 bits per heavy atom. The van der Waals surface area contributed by atoms with Crippen molar-refractivity contribution in [3.63, 3.8) is 0 Å². The summed E-state index contributed by atoms with van der Waals surface area (Å²) in [6.07, 6.45) is 2.49. The van der Waals surface area contributed by atoms with Crippen molar-refractivity contribution in [3.8, 4) is 0 Å². The molecular weight excluding hydrogens is 288 g/mol. The normalized spacial score (nSPS) is 15.6. The SMILES string of the molecule is CNCc1ccc(S(=O)(=O)N(C)CCOCC2CC2)cc1. The third kappa shape index (κ3) is 4.78. The van der Waals surface area contributed by atoms with Crippen molar-refractivity contribution < 1.29 is 13.2 Å². The average molecular weight is 312 g/mol. The second-order valence-corrected chi connectivity index (χ2v) is 7.56. The van der Waals surface area contributed by atoms with E-state index < -0.39 is 10.0 Å². The molecule has 21 heavy (non-hydrogen) atoms. The summed E-state index contributed by atoms with van der Waals surface area (Å²) in [5.74, 6) is 0.701. The van der Waals surface area contributed by atoms with Crippen molar-refractivity contribution in [3.05, 3.63) is 29.8 Å². The van der Waals surface area contributed by atoms with Gasteiger partial charge in [0, 0.05) is 26.7 Å². The van der Waals surface area contributed by atoms with Crippen LogP contribution in [-0.4, -0.2) is 46.6 Å². The van der Waals surface area contributed by atoms with E-state index in [4.69, 9.17) is 4.74 Å². The minimum absolute atomic E-state index is 0.326. The molecule has 0 unspecified atom stereocenters. The number of likely N-dealkylation sites (N-methyl/N-ethyl adjacent to an activating group) is 1. The summed E-state index contributed by atoms with van der Waals surface area (Å²) in [5, 5.41) is 3.04. The molecular formula is C15H24N2O3S. The van der Waals surface area contributed by atoms with Gasteiger partial charge >= 0.3 is 0 Å². The number of rotatable bonds is 9. The zero-order chi connectivity index (χ0) is 15.3. The van der Waals surface area contributed by atoms with Gasteiger partial charge in [0.1, 0.15) is 0 Å². The Hall–Kier alpha value is -0.950. The minimum Gasteiger partial charge on any atom is -0.380 e. The van der Waals surface area contributed by atoms with E-state index in [2.05, 4.69) is 5.32 Å². The van der Waals surface area contributed by atoms with Crippen LogP contribution in [0.5, 0.6) is 0 Å². The predicted octanol–water partition coefficient (Wildman–Crippen LogP) is 1.45. The number of ether oxygens (including phenoxy) is 1. The highest BCUT2D eigenvalue weighted by Crippen LogP contribution is 2.28. The Balaban J connectivity index is 1.88. The van der Waals surface area contributed by atoms with Crippen LogP contribution in [0.3, 0.4) is 0 Å². The summed E-state index contributed by atoms with van der Waals surface area (Å²) >= 11 is 0. The van der Waals surface area contributed by atoms with E-state index in [1.54, 1.807) is 19.2 Å². The van der Waals surface area contributed by atoms with E-state index in [-0.39, 0.29) is 0 Å². The summed E-state index contributed by atoms with van der Waals surface area (Å²) in [4.78, 5) is 0.326. The second-order valence-electron chi connectivity index (χ2n) is 5.52. The third-order valence-electron chi connectivity index (χ3n) is 3.61. The first kappa shape index (κ1) is 16.4. The maximum atomic E-state index is 12.4. The lowest BCUT2D eigenvalue weighted by atomic mass is 10.2. The first-order chi connectivity index (χ1) is 10.0. The van der Waals surface area contributed by atoms with Gasteiger partial charge in [-0.3, -0.25) is 0 Å². The van der Waals surface area contributed by atoms with Gasteiger partial charge in [0.05, 0.1) is 11.5 Å². The number of benzene rings is 1. The van der Waals surface area contributed by atoms with Crippen LogP contribution in [0.4, 0.5) is 0 Å². The molecule has 1 fully saturated rings. The molecule has 118 valence electrons. The number of nitrogens with zero attached hydrogens (tertiary/aromatic N) is 1. The molecule has 0 bridgehead atoms. The van der Waals surface area contributed by atoms with Crippen LogP contribution in [0.2, 0.25) is 0 Å². The van der Waals surface area contributed by atoms with E-state index >= 15 is 0 Å². The van der Waals surface area contributed by atoms with E-state index in [0.29, 0.717) is 24.0 Å². The number of hydrogen-bond donors (Lipinski definition) is 1. The minimum atomic E-state index is -3.42. The lowest BCUT2D eigenvalue weighted by Gasteiger charge is -2.17. The molecule has 1 aromatic rings. The van der Waals surface area contributed by atoms with Gasteiger partial charge in [-0.15, -0.1) is 0 Å². The molecule has 1 N–H and O–H groups in total. The topological polar surface area (TPSA) is 58.6 Å². The Morgan fingerprint density at radius 3 is 2.52 bits per heavy atom. The van der Waals surface area contributed by atoms with Crippen molar-refractivity contribution >= 4 is 10.0 Å². The fourth-order valence-electron chi connectivity index (χ4n) is 2.01. The predicted molar refractivity (Wildman–Crippen MR) is 82.6 cm³/mol. The standard InChI is InChI=1S/C15H24N2O3S/c1-16-11-13-5-7-15(8-6-13)21(18,19)17(2)9-10-20-12-14-3-4-14/h5-8,14,16H,3-4,9-12H2,1-2H3. The first-order valence-corrected chi connectivity index (χ1v) is 8.75. The molecule has 0 aromatic heterocycles. The summed E-state index contributed by atoms with van der Waals surface area (Å²) < 4.78 is 31.6. The van der Waals surface area contributed by atoms with Gasteiger partial charge in [0.25, 0.3) is 0 Å². The van der Waals surface area contributed by atoms with E-state index in [1.165, 1.54) is 17.1 Å². The van der Waals surface area contributed by atoms with Crippen LogP contribution in [-0.2, 0) is 21.3 Å². The van der Waals surface area contributed by atoms with Gasteiger partial charge in [0.2, 0.25) is 10.0 Å². The zero-order valence-electron chi connectivity index (χ0n) is 12.7. The molecule has 0 aliphatic heterocycles. The highest BCUT2D eigenvalue weighted by atomic mass is 32.2. The third-order valence-corrected chi connectivity index (χ3v) is 5.48. The van der Waals surface area contributed by atoms with Crippen LogP contribution < -0.4 is 5.32 Å². The number of hydrogen-bond acceptors (Lipinski definition) is 4. The molecule has 1 aliphatic carbocycles. The molecule has 1 saturated carbocycles. The highest BCUT2D eigenvalue weighted by molar-refractivity contribution is 7.89. The largest absolute Gasteiger partial charge is 0.380 e. The van der Waals surface area contributed by atoms with Gasteiger partial charge in [-0.1, -0.05) is 12.1 Å². The van der Waals surface area contributed by atoms with Crippen molar-refractivity contribution in [2.24, 2.45) is 5.92 Å². The van der Waals surface area contributed by atoms with Crippen molar-refractivity contribution in [2.45, 2.75) is 24.3 Å². The summed E-state index contributed by atoms with van der Waals surface area (Å²) in [6, 6.07) is 6.98. The maximum Gasteiger partial charge on any atom is 0.242 e. The fraction of sp³-hybridized carbons (Fsp3) is 0.600. The summed E-state index contributed by atoms with van der Waals surface area (Å²) in [7, 11) is 0.0329. The van der Waals surface area contributed by atoms with Gasteiger partial charge in [-0.25, -0.2) is 8.42 Å². The van der Waals surface area contributed by atoms with Crippen molar-refractivity contribution in [1.29, 1.82) is 0 Å². The molecule has 1 aliphatic rings. The van der Waals surface area contributed by atoms with E-state index in [1.807, 2.05) is 19.2 Å². The van der Waals surface area contributed by atoms with E-state index in [9.17, 15) is 8.42 Å². The molecule has 0 atom stereocenters. The molecule has 0 amide bonds. The van der Waals surface area contributed by atoms with Crippen LogP contribution >= 0.6 is 0 Å². The Kier molecular flexibility index (Phi) is 5.75. The summed E-state index contributed by atoms with van der Waals surface area (Å²) in [6.45, 7) is 2.31. The molecule has 6 heteroatoms. The first-order valence-electron chi connectivity index (χ1n) is 7.31. The van der Waals surface area contributed by atoms with Crippen LogP contribution in [0, 0.1) is 5.92 Å². The monoisotopic (exact) mass is 312 g/mol. The maximum absolute atomic E-state index is 12.4. The Bertz CT molecular complexity index is 539. The quantitative estimate of drug-likeness (QED) is 0.701. The van der Waals surface area contributed by atoms with E-state index in [0.717, 1.165) is 18.7 Å². The van der Waals surface area contributed by atoms with Gasteiger partial charge in [-0.05, 0) is 43.5 Å². The van der Waals surface area contributed by atoms with Gasteiger partial charge in [-0.2, -0.15) is 4.31 Å².